The van der Waals surface area contributed by atoms with Crippen LogP contribution in [0.25, 0.3) is 0 Å². The maximum Gasteiger partial charge on any atom is 0.331 e. The van der Waals surface area contributed by atoms with Gasteiger partial charge in [-0.25, -0.2) is 4.79 Å². The van der Waals surface area contributed by atoms with Crippen molar-refractivity contribution in [2.75, 3.05) is 0 Å². The molecule has 0 aromatic heterocycles. The quantitative estimate of drug-likeness (QED) is 0.339. The molecule has 0 aliphatic carbocycles. The number of nitrogens with two attached hydrogens (primary N) is 1. The van der Waals surface area contributed by atoms with Gasteiger partial charge in [-0.15, -0.1) is 0 Å². The Labute approximate surface area is 65.6 Å². The molecule has 0 aromatic carbocycles. The van der Waals surface area contributed by atoms with Crippen LogP contribution in [0.15, 0.2) is 12.7 Å². The Morgan fingerprint density at radius 1 is 1.82 bits per heavy atom. The molecule has 0 amide bonds. The Morgan fingerprint density at radius 2 is 2.27 bits per heavy atom. The van der Waals surface area contributed by atoms with Crippen molar-refractivity contribution >= 4 is 5.97 Å². The van der Waals surface area contributed by atoms with E-state index in [-0.39, 0.29) is 0 Å². The fourth-order valence-electron chi connectivity index (χ4n) is 0.317. The molecule has 0 radical (unpaired) electrons. The third-order valence-electron chi connectivity index (χ3n) is 1.11. The fourth-order valence-corrected chi connectivity index (χ4v) is 0.317. The minimum Gasteiger partial charge on any atom is -0.441 e. The van der Waals surface area contributed by atoms with Gasteiger partial charge in [0.05, 0.1) is 0 Å². The van der Waals surface area contributed by atoms with Gasteiger partial charge in [-0.05, 0) is 13.8 Å². The minimum absolute atomic E-state index is 0.639. The third kappa shape index (κ3) is 3.75. The Hall–Kier alpha value is -0.870. The van der Waals surface area contributed by atoms with Crippen molar-refractivity contribution in [2.24, 2.45) is 5.73 Å². The molecule has 3 N–H and O–H groups in total. The number of hydrogen-bond acceptors (Lipinski definition) is 4. The highest BCUT2D eigenvalue weighted by molar-refractivity contribution is 5.81. The van der Waals surface area contributed by atoms with E-state index >= 15 is 0 Å². The number of hydrogen-bond donors (Lipinski definition) is 2. The van der Waals surface area contributed by atoms with Gasteiger partial charge in [0.15, 0.2) is 6.23 Å². The van der Waals surface area contributed by atoms with Gasteiger partial charge in [0.1, 0.15) is 5.60 Å². The van der Waals surface area contributed by atoms with Crippen LogP contribution in [0.5, 0.6) is 0 Å². The van der Waals surface area contributed by atoms with Crippen LogP contribution >= 0.6 is 0 Å². The van der Waals surface area contributed by atoms with Crippen molar-refractivity contribution in [3.8, 4) is 0 Å². The lowest BCUT2D eigenvalue weighted by molar-refractivity contribution is -0.155. The smallest absolute Gasteiger partial charge is 0.331 e. The molecule has 0 heterocycles. The highest BCUT2D eigenvalue weighted by atomic mass is 16.6. The van der Waals surface area contributed by atoms with E-state index in [1.165, 1.54) is 13.8 Å². The maximum atomic E-state index is 10.5. The number of aliphatic hydroxyl groups is 1. The van der Waals surface area contributed by atoms with E-state index in [9.17, 15) is 9.90 Å². The van der Waals surface area contributed by atoms with Crippen LogP contribution in [0.4, 0.5) is 0 Å². The summed E-state index contributed by atoms with van der Waals surface area (Å²) < 4.78 is 4.53. The molecule has 4 nitrogen and oxygen atoms in total. The topological polar surface area (TPSA) is 72.5 Å². The van der Waals surface area contributed by atoms with Gasteiger partial charge in [0, 0.05) is 6.08 Å². The van der Waals surface area contributed by atoms with E-state index in [1.807, 2.05) is 0 Å². The lowest BCUT2D eigenvalue weighted by Gasteiger charge is -2.24. The van der Waals surface area contributed by atoms with E-state index in [0.717, 1.165) is 6.08 Å². The lowest BCUT2D eigenvalue weighted by Crippen LogP contribution is -2.45. The van der Waals surface area contributed by atoms with Crippen molar-refractivity contribution in [2.45, 2.75) is 25.7 Å². The van der Waals surface area contributed by atoms with Crippen molar-refractivity contribution in [1.82, 2.24) is 0 Å². The van der Waals surface area contributed by atoms with Crippen molar-refractivity contribution in [3.05, 3.63) is 12.7 Å². The molecule has 0 aliphatic rings. The van der Waals surface area contributed by atoms with Crippen LogP contribution in [0.2, 0.25) is 0 Å². The van der Waals surface area contributed by atoms with Crippen LogP contribution in [0.1, 0.15) is 13.8 Å². The van der Waals surface area contributed by atoms with Gasteiger partial charge >= 0.3 is 5.97 Å². The van der Waals surface area contributed by atoms with E-state index in [4.69, 9.17) is 5.73 Å². The second-order valence-electron chi connectivity index (χ2n) is 2.72. The molecule has 4 heteroatoms. The largest absolute Gasteiger partial charge is 0.441 e. The average molecular weight is 159 g/mol. The maximum absolute atomic E-state index is 10.5. The molecule has 0 spiro atoms. The second-order valence-corrected chi connectivity index (χ2v) is 2.72. The third-order valence-corrected chi connectivity index (χ3v) is 1.11. The Kier molecular flexibility index (Phi) is 3.22. The van der Waals surface area contributed by atoms with Gasteiger partial charge in [-0.3, -0.25) is 5.73 Å². The van der Waals surface area contributed by atoms with Crippen LogP contribution < -0.4 is 5.73 Å². The van der Waals surface area contributed by atoms with Gasteiger partial charge in [0.25, 0.3) is 0 Å². The van der Waals surface area contributed by atoms with Gasteiger partial charge < -0.3 is 9.84 Å². The standard InChI is InChI=1S/C7H13NO3/c1-4-5(9)11-6(8)7(2,3)10/h4,6,10H,1,8H2,2-3H3. The number of rotatable bonds is 3. The van der Waals surface area contributed by atoms with Crippen LogP contribution in [-0.4, -0.2) is 22.9 Å². The highest BCUT2D eigenvalue weighted by Gasteiger charge is 2.25. The fraction of sp³-hybridized carbons (Fsp3) is 0.571. The zero-order valence-corrected chi connectivity index (χ0v) is 6.70. The van der Waals surface area contributed by atoms with Crippen LogP contribution in [0.3, 0.4) is 0 Å². The van der Waals surface area contributed by atoms with E-state index in [0.29, 0.717) is 0 Å². The van der Waals surface area contributed by atoms with Crippen molar-refractivity contribution in [3.63, 3.8) is 0 Å². The van der Waals surface area contributed by atoms with E-state index in [1.54, 1.807) is 0 Å². The summed E-state index contributed by atoms with van der Waals surface area (Å²) in [5.41, 5.74) is 4.06. The van der Waals surface area contributed by atoms with E-state index in [2.05, 4.69) is 11.3 Å². The molecule has 1 unspecified atom stereocenters. The summed E-state index contributed by atoms with van der Waals surface area (Å²) in [6, 6.07) is 0. The summed E-state index contributed by atoms with van der Waals surface area (Å²) in [4.78, 5) is 10.5. The van der Waals surface area contributed by atoms with Crippen molar-refractivity contribution < 1.29 is 14.6 Å². The Bertz CT molecular complexity index is 160. The predicted molar refractivity (Wildman–Crippen MR) is 40.6 cm³/mol. The minimum atomic E-state index is -1.22. The molecule has 0 aliphatic heterocycles. The summed E-state index contributed by atoms with van der Waals surface area (Å²) in [6.45, 7) is 6.09. The van der Waals surface area contributed by atoms with Gasteiger partial charge in [0.2, 0.25) is 0 Å². The number of carbonyl (C=O) groups is 1. The number of carbonyl (C=O) groups excluding carboxylic acids is 1. The average Bonchev–Trinajstić information content (AvgIpc) is 1.85. The molecule has 11 heavy (non-hydrogen) atoms. The zero-order chi connectivity index (χ0) is 9.07. The molecule has 0 bridgehead atoms. The molecular formula is C7H13NO3. The summed E-state index contributed by atoms with van der Waals surface area (Å²) in [7, 11) is 0. The van der Waals surface area contributed by atoms with Gasteiger partial charge in [-0.1, -0.05) is 6.58 Å². The van der Waals surface area contributed by atoms with Crippen molar-refractivity contribution in [1.29, 1.82) is 0 Å². The second kappa shape index (κ2) is 3.50. The molecule has 0 fully saturated rings. The number of esters is 1. The monoisotopic (exact) mass is 159 g/mol. The molecule has 0 saturated carbocycles. The molecule has 0 rings (SSSR count). The summed E-state index contributed by atoms with van der Waals surface area (Å²) in [6.07, 6.45) is -0.0287. The zero-order valence-electron chi connectivity index (χ0n) is 6.70. The first-order valence-corrected chi connectivity index (χ1v) is 3.19. The molecule has 64 valence electrons. The van der Waals surface area contributed by atoms with E-state index < -0.39 is 17.8 Å². The molecule has 1 atom stereocenters. The summed E-state index contributed by atoms with van der Waals surface area (Å²) >= 11 is 0. The molecule has 0 saturated heterocycles. The normalized spacial score (nSPS) is 13.8. The summed E-state index contributed by atoms with van der Waals surface area (Å²) in [5, 5.41) is 9.19. The highest BCUT2D eigenvalue weighted by Crippen LogP contribution is 2.06. The predicted octanol–water partition coefficient (Wildman–Crippen LogP) is -0.229. The first kappa shape index (κ1) is 10.1. The molecular weight excluding hydrogens is 146 g/mol. The number of ether oxygens (including phenoxy) is 1. The molecule has 0 aromatic rings. The summed E-state index contributed by atoms with van der Waals surface area (Å²) in [5.74, 6) is -0.639. The SMILES string of the molecule is C=CC(=O)OC(N)C(C)(C)O. The van der Waals surface area contributed by atoms with Gasteiger partial charge in [-0.2, -0.15) is 0 Å². The Balaban J connectivity index is 3.97. The first-order valence-electron chi connectivity index (χ1n) is 3.19. The lowest BCUT2D eigenvalue weighted by atomic mass is 10.1. The Morgan fingerprint density at radius 3 is 2.55 bits per heavy atom. The van der Waals surface area contributed by atoms with Crippen LogP contribution in [0, 0.1) is 0 Å². The van der Waals surface area contributed by atoms with Crippen LogP contribution in [-0.2, 0) is 9.53 Å². The first-order chi connectivity index (χ1) is 4.88.